The summed E-state index contributed by atoms with van der Waals surface area (Å²) in [5.41, 5.74) is 0. The van der Waals surface area contributed by atoms with Crippen LogP contribution in [0.25, 0.3) is 0 Å². The fraction of sp³-hybridized carbons (Fsp3) is 0.800. The summed E-state index contributed by atoms with van der Waals surface area (Å²) < 4.78 is 0. The van der Waals surface area contributed by atoms with Gasteiger partial charge in [-0.15, -0.1) is 0 Å². The van der Waals surface area contributed by atoms with Crippen molar-refractivity contribution in [2.75, 3.05) is 26.2 Å². The third-order valence-electron chi connectivity index (χ3n) is 2.35. The van der Waals surface area contributed by atoms with Gasteiger partial charge in [-0.3, -0.25) is 9.69 Å². The maximum Gasteiger partial charge on any atom is 0.234 e. The van der Waals surface area contributed by atoms with Gasteiger partial charge >= 0.3 is 0 Å². The fourth-order valence-corrected chi connectivity index (χ4v) is 1.60. The Labute approximate surface area is 84.9 Å². The zero-order valence-electron chi connectivity index (χ0n) is 8.46. The summed E-state index contributed by atoms with van der Waals surface area (Å²) in [6, 6.07) is 2.13. The van der Waals surface area contributed by atoms with Crippen molar-refractivity contribution < 1.29 is 4.79 Å². The van der Waals surface area contributed by atoms with E-state index in [-0.39, 0.29) is 5.91 Å². The average molecular weight is 195 g/mol. The molecule has 78 valence electrons. The van der Waals surface area contributed by atoms with E-state index in [2.05, 4.69) is 16.3 Å². The van der Waals surface area contributed by atoms with Crippen LogP contribution in [0.1, 0.15) is 25.7 Å². The van der Waals surface area contributed by atoms with Crippen LogP contribution in [-0.4, -0.2) is 37.0 Å². The summed E-state index contributed by atoms with van der Waals surface area (Å²) >= 11 is 0. The van der Waals surface area contributed by atoms with Gasteiger partial charge in [0.15, 0.2) is 0 Å². The molecule has 1 heterocycles. The van der Waals surface area contributed by atoms with Gasteiger partial charge < -0.3 is 5.32 Å². The molecule has 0 atom stereocenters. The molecule has 0 aromatic heterocycles. The Hall–Kier alpha value is -1.08. The minimum Gasteiger partial charge on any atom is -0.355 e. The van der Waals surface area contributed by atoms with Crippen LogP contribution >= 0.6 is 0 Å². The number of carbonyl (C=O) groups is 1. The Morgan fingerprint density at radius 2 is 2.36 bits per heavy atom. The topological polar surface area (TPSA) is 56.1 Å². The molecule has 1 saturated heterocycles. The molecular weight excluding hydrogens is 178 g/mol. The van der Waals surface area contributed by atoms with Gasteiger partial charge in [0, 0.05) is 19.5 Å². The number of hydrogen-bond acceptors (Lipinski definition) is 3. The lowest BCUT2D eigenvalue weighted by molar-refractivity contribution is -0.121. The van der Waals surface area contributed by atoms with E-state index < -0.39 is 0 Å². The normalized spacial score (nSPS) is 18.4. The molecule has 0 bridgehead atoms. The molecular formula is C10H17N3O. The summed E-state index contributed by atoms with van der Waals surface area (Å²) in [5.74, 6) is 0.128. The molecule has 1 aliphatic heterocycles. The van der Waals surface area contributed by atoms with Crippen LogP contribution in [0, 0.1) is 11.3 Å². The quantitative estimate of drug-likeness (QED) is 0.665. The minimum atomic E-state index is 0.128. The van der Waals surface area contributed by atoms with Crippen LogP contribution in [0.3, 0.4) is 0 Å². The molecule has 0 radical (unpaired) electrons. The maximum atomic E-state index is 11.2. The Morgan fingerprint density at radius 1 is 1.50 bits per heavy atom. The van der Waals surface area contributed by atoms with Crippen LogP contribution in [0.5, 0.6) is 0 Å². The smallest absolute Gasteiger partial charge is 0.234 e. The van der Waals surface area contributed by atoms with E-state index in [1.165, 1.54) is 0 Å². The molecule has 1 rings (SSSR count). The van der Waals surface area contributed by atoms with Crippen molar-refractivity contribution in [2.24, 2.45) is 0 Å². The van der Waals surface area contributed by atoms with E-state index in [9.17, 15) is 4.79 Å². The maximum absolute atomic E-state index is 11.2. The molecule has 0 saturated carbocycles. The van der Waals surface area contributed by atoms with Gasteiger partial charge in [0.1, 0.15) is 0 Å². The van der Waals surface area contributed by atoms with E-state index in [0.29, 0.717) is 13.0 Å². The first-order chi connectivity index (χ1) is 6.83. The Balaban J connectivity index is 2.15. The molecule has 0 aromatic carbocycles. The largest absolute Gasteiger partial charge is 0.355 e. The lowest BCUT2D eigenvalue weighted by atomic mass is 10.2. The van der Waals surface area contributed by atoms with Crippen molar-refractivity contribution in [1.29, 1.82) is 5.26 Å². The first-order valence-electron chi connectivity index (χ1n) is 5.19. The van der Waals surface area contributed by atoms with Crippen LogP contribution < -0.4 is 5.32 Å². The molecule has 0 spiro atoms. The van der Waals surface area contributed by atoms with Crippen LogP contribution in [0.2, 0.25) is 0 Å². The number of rotatable bonds is 4. The monoisotopic (exact) mass is 195 g/mol. The molecule has 0 aliphatic carbocycles. The first kappa shape index (κ1) is 11.0. The highest BCUT2D eigenvalue weighted by Crippen LogP contribution is 2.01. The second-order valence-corrected chi connectivity index (χ2v) is 3.59. The van der Waals surface area contributed by atoms with Crippen LogP contribution in [-0.2, 0) is 4.79 Å². The van der Waals surface area contributed by atoms with E-state index in [0.717, 1.165) is 38.9 Å². The highest BCUT2D eigenvalue weighted by Gasteiger charge is 2.13. The molecule has 1 fully saturated rings. The van der Waals surface area contributed by atoms with E-state index in [1.807, 2.05) is 0 Å². The first-order valence-corrected chi connectivity index (χ1v) is 5.19. The van der Waals surface area contributed by atoms with Crippen molar-refractivity contribution in [1.82, 2.24) is 10.2 Å². The zero-order valence-corrected chi connectivity index (χ0v) is 8.46. The molecule has 14 heavy (non-hydrogen) atoms. The molecule has 1 N–H and O–H groups in total. The Morgan fingerprint density at radius 3 is 3.14 bits per heavy atom. The lowest BCUT2D eigenvalue weighted by Crippen LogP contribution is -2.33. The number of hydrogen-bond donors (Lipinski definition) is 1. The van der Waals surface area contributed by atoms with E-state index in [4.69, 9.17) is 5.26 Å². The molecule has 1 amide bonds. The van der Waals surface area contributed by atoms with Crippen molar-refractivity contribution in [3.63, 3.8) is 0 Å². The van der Waals surface area contributed by atoms with Gasteiger partial charge in [0.2, 0.25) is 5.91 Å². The van der Waals surface area contributed by atoms with Gasteiger partial charge in [-0.25, -0.2) is 0 Å². The number of nitrogens with zero attached hydrogens (tertiary/aromatic N) is 2. The molecule has 0 aromatic rings. The predicted octanol–water partition coefficient (Wildman–Crippen LogP) is 0.502. The predicted molar refractivity (Wildman–Crippen MR) is 53.5 cm³/mol. The standard InChI is InChI=1S/C10H17N3O/c11-5-2-1-3-7-13-8-4-6-12-10(14)9-13/h1-4,6-9H2,(H,12,14). The van der Waals surface area contributed by atoms with Crippen molar-refractivity contribution >= 4 is 5.91 Å². The summed E-state index contributed by atoms with van der Waals surface area (Å²) in [5, 5.41) is 11.2. The van der Waals surface area contributed by atoms with Gasteiger partial charge in [-0.2, -0.15) is 5.26 Å². The van der Waals surface area contributed by atoms with Crippen LogP contribution in [0.4, 0.5) is 0 Å². The Kier molecular flexibility index (Phi) is 5.02. The fourth-order valence-electron chi connectivity index (χ4n) is 1.60. The number of nitriles is 1. The minimum absolute atomic E-state index is 0.128. The Bertz CT molecular complexity index is 222. The second-order valence-electron chi connectivity index (χ2n) is 3.59. The van der Waals surface area contributed by atoms with Gasteiger partial charge in [0.05, 0.1) is 12.6 Å². The highest BCUT2D eigenvalue weighted by molar-refractivity contribution is 5.78. The summed E-state index contributed by atoms with van der Waals surface area (Å²) in [7, 11) is 0. The van der Waals surface area contributed by atoms with Crippen molar-refractivity contribution in [2.45, 2.75) is 25.7 Å². The highest BCUT2D eigenvalue weighted by atomic mass is 16.2. The number of nitrogens with one attached hydrogen (secondary N) is 1. The third-order valence-corrected chi connectivity index (χ3v) is 2.35. The molecule has 0 unspecified atom stereocenters. The summed E-state index contributed by atoms with van der Waals surface area (Å²) in [6.45, 7) is 3.25. The van der Waals surface area contributed by atoms with Crippen molar-refractivity contribution in [3.05, 3.63) is 0 Å². The van der Waals surface area contributed by atoms with Crippen molar-refractivity contribution in [3.8, 4) is 6.07 Å². The second kappa shape index (κ2) is 6.39. The molecule has 4 heteroatoms. The number of unbranched alkanes of at least 4 members (excludes halogenated alkanes) is 2. The summed E-state index contributed by atoms with van der Waals surface area (Å²) in [4.78, 5) is 13.3. The van der Waals surface area contributed by atoms with Gasteiger partial charge in [-0.1, -0.05) is 0 Å². The summed E-state index contributed by atoms with van der Waals surface area (Å²) in [6.07, 6.45) is 3.61. The van der Waals surface area contributed by atoms with Gasteiger partial charge in [-0.05, 0) is 25.8 Å². The lowest BCUT2D eigenvalue weighted by Gasteiger charge is -2.17. The van der Waals surface area contributed by atoms with E-state index in [1.54, 1.807) is 0 Å². The average Bonchev–Trinajstić information content (AvgIpc) is 2.38. The van der Waals surface area contributed by atoms with Gasteiger partial charge in [0.25, 0.3) is 0 Å². The number of amides is 1. The molecule has 4 nitrogen and oxygen atoms in total. The van der Waals surface area contributed by atoms with Crippen LogP contribution in [0.15, 0.2) is 0 Å². The molecule has 1 aliphatic rings. The SMILES string of the molecule is N#CCCCCN1CCCNC(=O)C1. The third kappa shape index (κ3) is 4.24. The van der Waals surface area contributed by atoms with E-state index >= 15 is 0 Å². The zero-order chi connectivity index (χ0) is 10.2. The number of carbonyl (C=O) groups excluding carboxylic acids is 1.